The monoisotopic (exact) mass is 663 g/mol. The van der Waals surface area contributed by atoms with E-state index in [0.717, 1.165) is 96.3 Å². The maximum Gasteiger partial charge on any atom is 0.306 e. The molecule has 0 radical (unpaired) electrons. The zero-order chi connectivity index (χ0) is 34.5. The van der Waals surface area contributed by atoms with Crippen LogP contribution in [0.4, 0.5) is 0 Å². The van der Waals surface area contributed by atoms with Gasteiger partial charge in [-0.15, -0.1) is 13.2 Å². The van der Waals surface area contributed by atoms with Gasteiger partial charge < -0.3 is 14.2 Å². The summed E-state index contributed by atoms with van der Waals surface area (Å²) < 4.78 is 16.5. The number of ether oxygens (including phenoxy) is 3. The van der Waals surface area contributed by atoms with Crippen LogP contribution in [0, 0.1) is 0 Å². The van der Waals surface area contributed by atoms with Crippen LogP contribution in [-0.2, 0) is 28.6 Å². The Kier molecular flexibility index (Phi) is 35.1. The summed E-state index contributed by atoms with van der Waals surface area (Å²) in [5.74, 6) is -0.932. The summed E-state index contributed by atoms with van der Waals surface area (Å²) in [5, 5.41) is 0. The third-order valence-corrected chi connectivity index (χ3v) is 8.72. The quantitative estimate of drug-likeness (QED) is 0.0285. The van der Waals surface area contributed by atoms with E-state index in [-0.39, 0.29) is 31.1 Å². The first-order valence-corrected chi connectivity index (χ1v) is 19.8. The Bertz CT molecular complexity index is 748. The van der Waals surface area contributed by atoms with Crippen molar-refractivity contribution in [1.82, 2.24) is 0 Å². The molecule has 0 N–H and O–H groups in total. The zero-order valence-corrected chi connectivity index (χ0v) is 30.7. The number of hydrogen-bond donors (Lipinski definition) is 0. The fourth-order valence-corrected chi connectivity index (χ4v) is 5.69. The zero-order valence-electron chi connectivity index (χ0n) is 30.7. The lowest BCUT2D eigenvalue weighted by Crippen LogP contribution is -2.30. The summed E-state index contributed by atoms with van der Waals surface area (Å²) in [6.45, 7) is 9.59. The van der Waals surface area contributed by atoms with Crippen molar-refractivity contribution < 1.29 is 28.6 Å². The molecule has 0 saturated carbocycles. The van der Waals surface area contributed by atoms with Crippen molar-refractivity contribution in [2.24, 2.45) is 0 Å². The number of carbonyl (C=O) groups is 3. The number of esters is 3. The van der Waals surface area contributed by atoms with Crippen molar-refractivity contribution in [1.29, 1.82) is 0 Å². The molecule has 0 saturated heterocycles. The Morgan fingerprint density at radius 3 is 1.09 bits per heavy atom. The van der Waals surface area contributed by atoms with E-state index < -0.39 is 6.10 Å². The first-order chi connectivity index (χ1) is 23.0. The van der Waals surface area contributed by atoms with Gasteiger partial charge in [-0.1, -0.05) is 147 Å². The molecule has 0 aliphatic rings. The van der Waals surface area contributed by atoms with E-state index in [1.807, 2.05) is 12.2 Å². The van der Waals surface area contributed by atoms with E-state index in [1.54, 1.807) is 0 Å². The molecule has 0 spiro atoms. The summed E-state index contributed by atoms with van der Waals surface area (Å²) in [4.78, 5) is 37.2. The Hall–Kier alpha value is -2.11. The van der Waals surface area contributed by atoms with Gasteiger partial charge in [0.1, 0.15) is 13.2 Å². The topological polar surface area (TPSA) is 78.9 Å². The first kappa shape index (κ1) is 44.9. The van der Waals surface area contributed by atoms with Gasteiger partial charge in [0.05, 0.1) is 0 Å². The molecular formula is C41H74O6. The third kappa shape index (κ3) is 35.0. The molecule has 0 rings (SSSR count). The predicted molar refractivity (Wildman–Crippen MR) is 196 cm³/mol. The van der Waals surface area contributed by atoms with Crippen LogP contribution < -0.4 is 0 Å². The van der Waals surface area contributed by atoms with Gasteiger partial charge in [-0.2, -0.15) is 0 Å². The minimum atomic E-state index is -0.775. The Labute approximate surface area is 290 Å². The maximum absolute atomic E-state index is 12.5. The van der Waals surface area contributed by atoms with E-state index in [2.05, 4.69) is 20.1 Å². The SMILES string of the molecule is C=CCCCCCCCC(=O)OC[C@H](COC(=O)CCCCCCCCCCCCCCCCC)OC(=O)CCCCCCCC=C. The number of carbonyl (C=O) groups excluding carboxylic acids is 3. The molecule has 0 aromatic heterocycles. The third-order valence-electron chi connectivity index (χ3n) is 8.72. The maximum atomic E-state index is 12.5. The Morgan fingerprint density at radius 2 is 0.745 bits per heavy atom. The van der Waals surface area contributed by atoms with Crippen molar-refractivity contribution in [3.63, 3.8) is 0 Å². The highest BCUT2D eigenvalue weighted by Crippen LogP contribution is 2.15. The minimum Gasteiger partial charge on any atom is -0.462 e. The molecule has 47 heavy (non-hydrogen) atoms. The Balaban J connectivity index is 4.20. The lowest BCUT2D eigenvalue weighted by atomic mass is 10.0. The number of hydrogen-bond acceptors (Lipinski definition) is 6. The van der Waals surface area contributed by atoms with Gasteiger partial charge in [0, 0.05) is 19.3 Å². The summed E-state index contributed by atoms with van der Waals surface area (Å²) in [6, 6.07) is 0. The van der Waals surface area contributed by atoms with Crippen molar-refractivity contribution >= 4 is 17.9 Å². The van der Waals surface area contributed by atoms with E-state index in [0.29, 0.717) is 19.3 Å². The van der Waals surface area contributed by atoms with Gasteiger partial charge in [0.15, 0.2) is 6.10 Å². The molecule has 0 aromatic carbocycles. The Morgan fingerprint density at radius 1 is 0.447 bits per heavy atom. The second kappa shape index (κ2) is 36.7. The summed E-state index contributed by atoms with van der Waals surface area (Å²) in [5.41, 5.74) is 0. The summed E-state index contributed by atoms with van der Waals surface area (Å²) >= 11 is 0. The van der Waals surface area contributed by atoms with Crippen LogP contribution in [0.5, 0.6) is 0 Å². The van der Waals surface area contributed by atoms with Gasteiger partial charge in [-0.05, 0) is 44.9 Å². The number of unbranched alkanes of at least 4 members (excludes halogenated alkanes) is 24. The average Bonchev–Trinajstić information content (AvgIpc) is 3.06. The number of rotatable bonds is 37. The molecule has 0 heterocycles. The van der Waals surface area contributed by atoms with Crippen LogP contribution in [0.25, 0.3) is 0 Å². The second-order valence-corrected chi connectivity index (χ2v) is 13.4. The normalized spacial score (nSPS) is 11.6. The molecule has 6 nitrogen and oxygen atoms in total. The van der Waals surface area contributed by atoms with Crippen LogP contribution in [0.2, 0.25) is 0 Å². The van der Waals surface area contributed by atoms with Crippen molar-refractivity contribution in [2.75, 3.05) is 13.2 Å². The van der Waals surface area contributed by atoms with E-state index in [9.17, 15) is 14.4 Å². The smallest absolute Gasteiger partial charge is 0.306 e. The molecule has 0 aromatic rings. The fraction of sp³-hybridized carbons (Fsp3) is 0.829. The van der Waals surface area contributed by atoms with E-state index in [4.69, 9.17) is 14.2 Å². The van der Waals surface area contributed by atoms with Gasteiger partial charge >= 0.3 is 17.9 Å². The van der Waals surface area contributed by atoms with Crippen molar-refractivity contribution in [3.05, 3.63) is 25.3 Å². The molecule has 6 heteroatoms. The summed E-state index contributed by atoms with van der Waals surface area (Å²) in [6.07, 6.45) is 35.5. The fourth-order valence-electron chi connectivity index (χ4n) is 5.69. The molecule has 0 aliphatic heterocycles. The molecule has 0 bridgehead atoms. The van der Waals surface area contributed by atoms with Gasteiger partial charge in [0.2, 0.25) is 0 Å². The predicted octanol–water partition coefficient (Wildman–Crippen LogP) is 12.1. The highest BCUT2D eigenvalue weighted by molar-refractivity contribution is 5.71. The second-order valence-electron chi connectivity index (χ2n) is 13.4. The van der Waals surface area contributed by atoms with Crippen LogP contribution in [-0.4, -0.2) is 37.2 Å². The van der Waals surface area contributed by atoms with Crippen LogP contribution in [0.15, 0.2) is 25.3 Å². The molecule has 0 aliphatic carbocycles. The molecule has 1 atom stereocenters. The van der Waals surface area contributed by atoms with Crippen LogP contribution in [0.3, 0.4) is 0 Å². The van der Waals surface area contributed by atoms with Crippen LogP contribution >= 0.6 is 0 Å². The van der Waals surface area contributed by atoms with Gasteiger partial charge in [0.25, 0.3) is 0 Å². The molecule has 0 amide bonds. The van der Waals surface area contributed by atoms with Crippen molar-refractivity contribution in [3.8, 4) is 0 Å². The first-order valence-electron chi connectivity index (χ1n) is 19.8. The minimum absolute atomic E-state index is 0.0819. The highest BCUT2D eigenvalue weighted by atomic mass is 16.6. The summed E-state index contributed by atoms with van der Waals surface area (Å²) in [7, 11) is 0. The lowest BCUT2D eigenvalue weighted by Gasteiger charge is -2.18. The van der Waals surface area contributed by atoms with E-state index >= 15 is 0 Å². The molecular weight excluding hydrogens is 588 g/mol. The molecule has 0 unspecified atom stereocenters. The van der Waals surface area contributed by atoms with Crippen LogP contribution in [0.1, 0.15) is 200 Å². The largest absolute Gasteiger partial charge is 0.462 e. The average molecular weight is 663 g/mol. The molecule has 0 fully saturated rings. The van der Waals surface area contributed by atoms with Gasteiger partial charge in [-0.3, -0.25) is 14.4 Å². The van der Waals surface area contributed by atoms with Gasteiger partial charge in [-0.25, -0.2) is 0 Å². The highest BCUT2D eigenvalue weighted by Gasteiger charge is 2.19. The standard InChI is InChI=1S/C41H74O6/c1-4-7-10-13-16-17-18-19-20-21-22-23-26-28-31-34-40(43)46-37-38(47-41(44)35-32-29-25-15-12-9-6-3)36-45-39(42)33-30-27-24-14-11-8-5-2/h5-6,38H,2-4,7-37H2,1H3/t38-/m1/s1. The number of allylic oxidation sites excluding steroid dienone is 2. The lowest BCUT2D eigenvalue weighted by molar-refractivity contribution is -0.167. The molecule has 274 valence electrons. The van der Waals surface area contributed by atoms with E-state index in [1.165, 1.54) is 77.0 Å². The van der Waals surface area contributed by atoms with Crippen molar-refractivity contribution in [2.45, 2.75) is 206 Å².